The van der Waals surface area contributed by atoms with E-state index >= 15 is 0 Å². The number of benzene rings is 1. The summed E-state index contributed by atoms with van der Waals surface area (Å²) >= 11 is 0. The van der Waals surface area contributed by atoms with E-state index in [1.807, 2.05) is 6.20 Å². The van der Waals surface area contributed by atoms with Gasteiger partial charge in [0, 0.05) is 31.9 Å². The number of anilines is 1. The number of morpholine rings is 1. The van der Waals surface area contributed by atoms with Gasteiger partial charge in [-0.05, 0) is 49.4 Å². The Morgan fingerprint density at radius 2 is 2.20 bits per heavy atom. The smallest absolute Gasteiger partial charge is 0.128 e. The van der Waals surface area contributed by atoms with Crippen LogP contribution in [-0.4, -0.2) is 30.8 Å². The molecule has 0 bridgehead atoms. The van der Waals surface area contributed by atoms with E-state index in [4.69, 9.17) is 4.74 Å². The molecule has 4 heteroatoms. The minimum atomic E-state index is 0.280. The molecule has 1 aromatic carbocycles. The number of ether oxygens (including phenoxy) is 1. The highest BCUT2D eigenvalue weighted by molar-refractivity contribution is 5.40. The number of aromatic nitrogens is 1. The summed E-state index contributed by atoms with van der Waals surface area (Å²) in [4.78, 5) is 6.98. The summed E-state index contributed by atoms with van der Waals surface area (Å²) in [6, 6.07) is 11.6. The normalized spacial score (nSPS) is 22.9. The second-order valence-corrected chi connectivity index (χ2v) is 7.33. The maximum Gasteiger partial charge on any atom is 0.128 e. The van der Waals surface area contributed by atoms with Gasteiger partial charge in [0.25, 0.3) is 0 Å². The predicted molar refractivity (Wildman–Crippen MR) is 101 cm³/mol. The van der Waals surface area contributed by atoms with E-state index in [1.165, 1.54) is 35.1 Å². The maximum atomic E-state index is 5.61. The molecule has 25 heavy (non-hydrogen) atoms. The van der Waals surface area contributed by atoms with Gasteiger partial charge in [-0.1, -0.05) is 29.8 Å². The summed E-state index contributed by atoms with van der Waals surface area (Å²) in [5.74, 6) is 1.06. The van der Waals surface area contributed by atoms with Crippen LogP contribution in [0.15, 0.2) is 36.5 Å². The third-order valence-electron chi connectivity index (χ3n) is 5.31. The third-order valence-corrected chi connectivity index (χ3v) is 5.31. The minimum absolute atomic E-state index is 0.280. The number of nitrogens with zero attached hydrogens (tertiary/aromatic N) is 2. The largest absolute Gasteiger partial charge is 0.375 e. The van der Waals surface area contributed by atoms with Crippen LogP contribution in [-0.2, 0) is 17.7 Å². The number of hydrogen-bond donors (Lipinski definition) is 1. The molecule has 132 valence electrons. The van der Waals surface area contributed by atoms with Gasteiger partial charge in [0.1, 0.15) is 5.82 Å². The first-order valence-corrected chi connectivity index (χ1v) is 9.33. The summed E-state index contributed by atoms with van der Waals surface area (Å²) in [5.41, 5.74) is 5.56. The van der Waals surface area contributed by atoms with Crippen molar-refractivity contribution in [2.45, 2.75) is 45.4 Å². The molecule has 2 aromatic rings. The lowest BCUT2D eigenvalue weighted by Crippen LogP contribution is -2.41. The molecule has 0 radical (unpaired) electrons. The van der Waals surface area contributed by atoms with E-state index in [2.05, 4.69) is 59.4 Å². The Hall–Kier alpha value is -1.91. The van der Waals surface area contributed by atoms with E-state index < -0.39 is 0 Å². The number of fused-ring (bicyclic) bond motifs is 1. The van der Waals surface area contributed by atoms with Crippen LogP contribution in [0.25, 0.3) is 0 Å². The number of aryl methyl sites for hydroxylation is 2. The Labute approximate surface area is 150 Å². The van der Waals surface area contributed by atoms with E-state index in [-0.39, 0.29) is 6.10 Å². The molecule has 4 rings (SSSR count). The van der Waals surface area contributed by atoms with Crippen molar-refractivity contribution in [3.8, 4) is 0 Å². The van der Waals surface area contributed by atoms with Crippen molar-refractivity contribution >= 4 is 5.82 Å². The highest BCUT2D eigenvalue weighted by atomic mass is 16.5. The van der Waals surface area contributed by atoms with Gasteiger partial charge in [-0.25, -0.2) is 4.98 Å². The van der Waals surface area contributed by atoms with E-state index in [0.29, 0.717) is 6.04 Å². The van der Waals surface area contributed by atoms with Crippen LogP contribution in [0.1, 0.15) is 41.6 Å². The van der Waals surface area contributed by atoms with Crippen molar-refractivity contribution < 1.29 is 4.74 Å². The average molecular weight is 337 g/mol. The van der Waals surface area contributed by atoms with Crippen LogP contribution in [0.5, 0.6) is 0 Å². The van der Waals surface area contributed by atoms with Crippen LogP contribution >= 0.6 is 0 Å². The van der Waals surface area contributed by atoms with E-state index in [0.717, 1.165) is 32.1 Å². The molecule has 0 amide bonds. The Morgan fingerprint density at radius 1 is 1.28 bits per heavy atom. The lowest BCUT2D eigenvalue weighted by Gasteiger charge is -2.32. The van der Waals surface area contributed by atoms with Gasteiger partial charge >= 0.3 is 0 Å². The zero-order valence-electron chi connectivity index (χ0n) is 15.2. The maximum absolute atomic E-state index is 5.61. The van der Waals surface area contributed by atoms with Gasteiger partial charge in [-0.2, -0.15) is 0 Å². The third kappa shape index (κ3) is 3.70. The standard InChI is InChI=1S/C21H27N3O/c1-15-3-5-18-6-7-20(19(18)11-15)22-12-17-4-8-21(23-13-17)24-9-10-25-16(2)14-24/h3-5,8,11,13,16,20,22H,6-7,9-10,12,14H2,1-2H3/t16-,20-/m1/s1. The molecule has 0 saturated carbocycles. The van der Waals surface area contributed by atoms with Crippen LogP contribution in [0.3, 0.4) is 0 Å². The summed E-state index contributed by atoms with van der Waals surface area (Å²) in [6.45, 7) is 7.78. The molecule has 4 nitrogen and oxygen atoms in total. The minimum Gasteiger partial charge on any atom is -0.375 e. The molecule has 0 spiro atoms. The number of nitrogens with one attached hydrogen (secondary N) is 1. The van der Waals surface area contributed by atoms with Crippen molar-refractivity contribution in [3.05, 3.63) is 58.8 Å². The van der Waals surface area contributed by atoms with Gasteiger partial charge in [0.05, 0.1) is 12.7 Å². The summed E-state index contributed by atoms with van der Waals surface area (Å²) in [7, 11) is 0. The van der Waals surface area contributed by atoms with Crippen LogP contribution in [0.4, 0.5) is 5.82 Å². The fraction of sp³-hybridized carbons (Fsp3) is 0.476. The number of pyridine rings is 1. The van der Waals surface area contributed by atoms with E-state index in [1.54, 1.807) is 0 Å². The van der Waals surface area contributed by atoms with Crippen molar-refractivity contribution in [2.24, 2.45) is 0 Å². The molecule has 1 saturated heterocycles. The van der Waals surface area contributed by atoms with Crippen LogP contribution in [0.2, 0.25) is 0 Å². The summed E-state index contributed by atoms with van der Waals surface area (Å²) in [5, 5.41) is 3.71. The molecular formula is C21H27N3O. The number of rotatable bonds is 4. The Kier molecular flexibility index (Phi) is 4.73. The molecule has 1 N–H and O–H groups in total. The van der Waals surface area contributed by atoms with Crippen molar-refractivity contribution in [2.75, 3.05) is 24.6 Å². The quantitative estimate of drug-likeness (QED) is 0.928. The molecule has 1 aliphatic carbocycles. The van der Waals surface area contributed by atoms with Crippen molar-refractivity contribution in [1.29, 1.82) is 0 Å². The number of hydrogen-bond acceptors (Lipinski definition) is 4. The SMILES string of the molecule is Cc1ccc2c(c1)[C@H](NCc1ccc(N3CCO[C@H](C)C3)nc1)CC2. The van der Waals surface area contributed by atoms with Gasteiger partial charge < -0.3 is 15.0 Å². The van der Waals surface area contributed by atoms with Gasteiger partial charge in [0.2, 0.25) is 0 Å². The molecule has 1 aliphatic heterocycles. The Morgan fingerprint density at radius 3 is 3.00 bits per heavy atom. The highest BCUT2D eigenvalue weighted by Gasteiger charge is 2.22. The molecule has 1 aromatic heterocycles. The molecule has 1 fully saturated rings. The molecular weight excluding hydrogens is 310 g/mol. The fourth-order valence-electron chi connectivity index (χ4n) is 3.91. The lowest BCUT2D eigenvalue weighted by atomic mass is 10.0. The van der Waals surface area contributed by atoms with Crippen LogP contribution in [0, 0.1) is 6.92 Å². The Bertz CT molecular complexity index is 728. The lowest BCUT2D eigenvalue weighted by molar-refractivity contribution is 0.0529. The topological polar surface area (TPSA) is 37.4 Å². The molecule has 2 heterocycles. The zero-order chi connectivity index (χ0) is 17.2. The van der Waals surface area contributed by atoms with Gasteiger partial charge in [-0.3, -0.25) is 0 Å². The Balaban J connectivity index is 1.37. The van der Waals surface area contributed by atoms with Crippen molar-refractivity contribution in [1.82, 2.24) is 10.3 Å². The zero-order valence-corrected chi connectivity index (χ0v) is 15.2. The summed E-state index contributed by atoms with van der Waals surface area (Å²) < 4.78 is 5.61. The first kappa shape index (κ1) is 16.6. The molecule has 0 unspecified atom stereocenters. The average Bonchev–Trinajstić information content (AvgIpc) is 3.02. The highest BCUT2D eigenvalue weighted by Crippen LogP contribution is 2.32. The van der Waals surface area contributed by atoms with E-state index in [9.17, 15) is 0 Å². The monoisotopic (exact) mass is 337 g/mol. The molecule has 2 aliphatic rings. The fourth-order valence-corrected chi connectivity index (χ4v) is 3.91. The first-order valence-electron chi connectivity index (χ1n) is 9.33. The second-order valence-electron chi connectivity index (χ2n) is 7.33. The predicted octanol–water partition coefficient (Wildman–Crippen LogP) is 3.39. The van der Waals surface area contributed by atoms with Gasteiger partial charge in [0.15, 0.2) is 0 Å². The molecule has 2 atom stereocenters. The van der Waals surface area contributed by atoms with Gasteiger partial charge in [-0.15, -0.1) is 0 Å². The summed E-state index contributed by atoms with van der Waals surface area (Å²) in [6.07, 6.45) is 4.66. The first-order chi connectivity index (χ1) is 12.2. The second kappa shape index (κ2) is 7.14. The van der Waals surface area contributed by atoms with Crippen LogP contribution < -0.4 is 10.2 Å². The van der Waals surface area contributed by atoms with Crippen molar-refractivity contribution in [3.63, 3.8) is 0 Å².